The summed E-state index contributed by atoms with van der Waals surface area (Å²) in [5.41, 5.74) is 0. The van der Waals surface area contributed by atoms with Crippen molar-refractivity contribution in [3.63, 3.8) is 0 Å². The van der Waals surface area contributed by atoms with Crippen molar-refractivity contribution in [1.29, 1.82) is 0 Å². The van der Waals surface area contributed by atoms with Crippen LogP contribution in [-0.4, -0.2) is 23.4 Å². The van der Waals surface area contributed by atoms with Crippen LogP contribution >= 0.6 is 0 Å². The Morgan fingerprint density at radius 2 is 2.42 bits per heavy atom. The third-order valence-corrected chi connectivity index (χ3v) is 1.16. The molecule has 1 aromatic rings. The molecule has 64 valence electrons. The average molecular weight is 168 g/mol. The molecule has 0 bridgehead atoms. The maximum absolute atomic E-state index is 11.0. The zero-order valence-corrected chi connectivity index (χ0v) is 6.53. The van der Waals surface area contributed by atoms with Gasteiger partial charge in [-0.1, -0.05) is 5.16 Å². The molecule has 0 radical (unpaired) electrons. The molecule has 1 heterocycles. The average Bonchev–Trinajstić information content (AvgIpc) is 2.51. The summed E-state index contributed by atoms with van der Waals surface area (Å²) in [6, 6.07) is 1.43. The largest absolute Gasteiger partial charge is 0.351 e. The van der Waals surface area contributed by atoms with Gasteiger partial charge in [-0.3, -0.25) is 9.59 Å². The van der Waals surface area contributed by atoms with E-state index < -0.39 is 5.91 Å². The highest BCUT2D eigenvalue weighted by atomic mass is 16.5. The standard InChI is InChI=1S/C7H8N2O3/c1-5(10)4-8-7(11)6-2-3-9-12-6/h2-3H,4H2,1H3,(H,8,11). The van der Waals surface area contributed by atoms with E-state index in [1.54, 1.807) is 0 Å². The first-order chi connectivity index (χ1) is 5.70. The van der Waals surface area contributed by atoms with Crippen LogP contribution in [0.1, 0.15) is 17.5 Å². The van der Waals surface area contributed by atoms with E-state index in [0.717, 1.165) is 0 Å². The monoisotopic (exact) mass is 168 g/mol. The number of aromatic nitrogens is 1. The van der Waals surface area contributed by atoms with Gasteiger partial charge in [-0.2, -0.15) is 0 Å². The Morgan fingerprint density at radius 3 is 2.92 bits per heavy atom. The lowest BCUT2D eigenvalue weighted by atomic mass is 10.4. The molecule has 0 spiro atoms. The lowest BCUT2D eigenvalue weighted by Gasteiger charge is -1.96. The number of hydrogen-bond acceptors (Lipinski definition) is 4. The zero-order chi connectivity index (χ0) is 8.97. The number of ketones is 1. The van der Waals surface area contributed by atoms with Crippen molar-refractivity contribution < 1.29 is 14.1 Å². The van der Waals surface area contributed by atoms with Crippen molar-refractivity contribution in [1.82, 2.24) is 10.5 Å². The Kier molecular flexibility index (Phi) is 2.57. The molecule has 1 aromatic heterocycles. The highest BCUT2D eigenvalue weighted by molar-refractivity contribution is 5.93. The fourth-order valence-electron chi connectivity index (χ4n) is 0.625. The van der Waals surface area contributed by atoms with Crippen molar-refractivity contribution in [2.45, 2.75) is 6.92 Å². The maximum atomic E-state index is 11.0. The number of hydrogen-bond donors (Lipinski definition) is 1. The van der Waals surface area contributed by atoms with Gasteiger partial charge in [0.2, 0.25) is 5.76 Å². The van der Waals surface area contributed by atoms with E-state index in [0.29, 0.717) is 0 Å². The van der Waals surface area contributed by atoms with Crippen LogP contribution in [0.3, 0.4) is 0 Å². The molecule has 0 saturated heterocycles. The van der Waals surface area contributed by atoms with Gasteiger partial charge in [0.25, 0.3) is 5.91 Å². The molecule has 5 heteroatoms. The minimum absolute atomic E-state index is 0.0134. The molecule has 0 aliphatic rings. The van der Waals surface area contributed by atoms with Crippen molar-refractivity contribution >= 4 is 11.7 Å². The molecule has 0 saturated carbocycles. The number of carbonyl (C=O) groups is 2. The quantitative estimate of drug-likeness (QED) is 0.689. The number of Topliss-reactive ketones (excluding diaryl/α,β-unsaturated/α-hetero) is 1. The summed E-state index contributed by atoms with van der Waals surface area (Å²) in [4.78, 5) is 21.5. The van der Waals surface area contributed by atoms with E-state index in [9.17, 15) is 9.59 Å². The molecular formula is C7H8N2O3. The number of rotatable bonds is 3. The number of nitrogens with one attached hydrogen (secondary N) is 1. The normalized spacial score (nSPS) is 9.42. The number of nitrogens with zero attached hydrogens (tertiary/aromatic N) is 1. The Labute approximate surface area is 68.7 Å². The molecule has 0 aromatic carbocycles. The minimum atomic E-state index is -0.428. The Balaban J connectivity index is 2.45. The van der Waals surface area contributed by atoms with Crippen LogP contribution in [0, 0.1) is 0 Å². The molecule has 0 atom stereocenters. The van der Waals surface area contributed by atoms with E-state index in [1.807, 2.05) is 0 Å². The summed E-state index contributed by atoms with van der Waals surface area (Å²) < 4.78 is 4.55. The predicted octanol–water partition coefficient (Wildman–Crippen LogP) is -0.00660. The van der Waals surface area contributed by atoms with Crippen LogP contribution in [0.25, 0.3) is 0 Å². The Morgan fingerprint density at radius 1 is 1.67 bits per heavy atom. The summed E-state index contributed by atoms with van der Waals surface area (Å²) in [6.45, 7) is 1.40. The first-order valence-corrected chi connectivity index (χ1v) is 3.38. The van der Waals surface area contributed by atoms with E-state index in [4.69, 9.17) is 0 Å². The summed E-state index contributed by atoms with van der Waals surface area (Å²) in [7, 11) is 0. The predicted molar refractivity (Wildman–Crippen MR) is 39.5 cm³/mol. The van der Waals surface area contributed by atoms with Crippen LogP contribution in [0.2, 0.25) is 0 Å². The van der Waals surface area contributed by atoms with Gasteiger partial charge in [-0.05, 0) is 6.92 Å². The van der Waals surface area contributed by atoms with Gasteiger partial charge < -0.3 is 9.84 Å². The summed E-state index contributed by atoms with van der Waals surface area (Å²) in [5.74, 6) is -0.429. The van der Waals surface area contributed by atoms with Gasteiger partial charge in [0.1, 0.15) is 5.78 Å². The molecular weight excluding hydrogens is 160 g/mol. The first kappa shape index (κ1) is 8.45. The van der Waals surface area contributed by atoms with Crippen molar-refractivity contribution in [2.24, 2.45) is 0 Å². The van der Waals surface area contributed by atoms with Gasteiger partial charge in [-0.15, -0.1) is 0 Å². The maximum Gasteiger partial charge on any atom is 0.290 e. The lowest BCUT2D eigenvalue weighted by molar-refractivity contribution is -0.116. The second kappa shape index (κ2) is 3.66. The van der Waals surface area contributed by atoms with Crippen LogP contribution in [0.4, 0.5) is 0 Å². The van der Waals surface area contributed by atoms with E-state index >= 15 is 0 Å². The van der Waals surface area contributed by atoms with Crippen LogP contribution < -0.4 is 5.32 Å². The molecule has 1 amide bonds. The minimum Gasteiger partial charge on any atom is -0.351 e. The Bertz CT molecular complexity index is 279. The van der Waals surface area contributed by atoms with Gasteiger partial charge in [0.05, 0.1) is 12.7 Å². The highest BCUT2D eigenvalue weighted by Gasteiger charge is 2.08. The van der Waals surface area contributed by atoms with Crippen LogP contribution in [0.5, 0.6) is 0 Å². The molecule has 12 heavy (non-hydrogen) atoms. The summed E-state index contributed by atoms with van der Waals surface area (Å²) in [6.07, 6.45) is 1.36. The smallest absolute Gasteiger partial charge is 0.290 e. The van der Waals surface area contributed by atoms with Crippen molar-refractivity contribution in [3.8, 4) is 0 Å². The SMILES string of the molecule is CC(=O)CNC(=O)c1ccno1. The summed E-state index contributed by atoms with van der Waals surface area (Å²) in [5, 5.41) is 5.71. The number of amides is 1. The summed E-state index contributed by atoms with van der Waals surface area (Å²) >= 11 is 0. The molecule has 1 N–H and O–H groups in total. The fourth-order valence-corrected chi connectivity index (χ4v) is 0.625. The van der Waals surface area contributed by atoms with Gasteiger partial charge in [0, 0.05) is 6.07 Å². The second-order valence-electron chi connectivity index (χ2n) is 2.26. The highest BCUT2D eigenvalue weighted by Crippen LogP contribution is 1.94. The zero-order valence-electron chi connectivity index (χ0n) is 6.53. The van der Waals surface area contributed by atoms with Crippen LogP contribution in [0.15, 0.2) is 16.8 Å². The second-order valence-corrected chi connectivity index (χ2v) is 2.26. The molecule has 0 aliphatic heterocycles. The molecule has 0 aliphatic carbocycles. The molecule has 5 nitrogen and oxygen atoms in total. The Hall–Kier alpha value is -1.65. The lowest BCUT2D eigenvalue weighted by Crippen LogP contribution is -2.27. The fraction of sp³-hybridized carbons (Fsp3) is 0.286. The van der Waals surface area contributed by atoms with E-state index in [1.165, 1.54) is 19.2 Å². The number of carbonyl (C=O) groups excluding carboxylic acids is 2. The molecule has 0 fully saturated rings. The third-order valence-electron chi connectivity index (χ3n) is 1.16. The van der Waals surface area contributed by atoms with Crippen molar-refractivity contribution in [3.05, 3.63) is 18.0 Å². The van der Waals surface area contributed by atoms with Crippen molar-refractivity contribution in [2.75, 3.05) is 6.54 Å². The van der Waals surface area contributed by atoms with Gasteiger partial charge >= 0.3 is 0 Å². The topological polar surface area (TPSA) is 72.2 Å². The molecule has 0 unspecified atom stereocenters. The van der Waals surface area contributed by atoms with E-state index in [-0.39, 0.29) is 18.1 Å². The van der Waals surface area contributed by atoms with Crippen LogP contribution in [-0.2, 0) is 4.79 Å². The van der Waals surface area contributed by atoms with Gasteiger partial charge in [0.15, 0.2) is 0 Å². The molecule has 1 rings (SSSR count). The first-order valence-electron chi connectivity index (χ1n) is 3.38. The van der Waals surface area contributed by atoms with Gasteiger partial charge in [-0.25, -0.2) is 0 Å². The van der Waals surface area contributed by atoms with E-state index in [2.05, 4.69) is 15.0 Å². The third kappa shape index (κ3) is 2.19.